The molecule has 4 nitrogen and oxygen atoms in total. The first-order chi connectivity index (χ1) is 9.10. The van der Waals surface area contributed by atoms with Gasteiger partial charge in [-0.2, -0.15) is 0 Å². The molecule has 3 rings (SSSR count). The molecule has 1 spiro atoms. The van der Waals surface area contributed by atoms with Crippen LogP contribution in [-0.4, -0.2) is 35.8 Å². The number of Topliss-reactive ketones (excluding diaryl/α,β-unsaturated/α-hetero) is 1. The van der Waals surface area contributed by atoms with Crippen LogP contribution in [0.2, 0.25) is 0 Å². The molecule has 4 heteroatoms. The average Bonchev–Trinajstić information content (AvgIpc) is 2.54. The zero-order chi connectivity index (χ0) is 13.5. The summed E-state index contributed by atoms with van der Waals surface area (Å²) in [5.74, 6) is 0.918. The number of rotatable bonds is 0. The lowest BCUT2D eigenvalue weighted by Crippen LogP contribution is -2.42. The van der Waals surface area contributed by atoms with Crippen molar-refractivity contribution in [2.75, 3.05) is 13.6 Å². The SMILES string of the molecule is CN1CC[C@]2(CCC1=O)CC(=O)c1ccccc1O2. The number of hydrogen-bond donors (Lipinski definition) is 0. The summed E-state index contributed by atoms with van der Waals surface area (Å²) in [5.41, 5.74) is 0.170. The minimum Gasteiger partial charge on any atom is -0.486 e. The van der Waals surface area contributed by atoms with Gasteiger partial charge in [0.15, 0.2) is 5.78 Å². The Hall–Kier alpha value is -1.84. The topological polar surface area (TPSA) is 46.6 Å². The molecule has 0 aliphatic carbocycles. The van der Waals surface area contributed by atoms with E-state index in [1.165, 1.54) is 0 Å². The molecule has 0 unspecified atom stereocenters. The van der Waals surface area contributed by atoms with Gasteiger partial charge >= 0.3 is 0 Å². The molecule has 1 fully saturated rings. The van der Waals surface area contributed by atoms with Gasteiger partial charge in [-0.1, -0.05) is 12.1 Å². The second-order valence-electron chi connectivity index (χ2n) is 5.45. The quantitative estimate of drug-likeness (QED) is 0.716. The van der Waals surface area contributed by atoms with Gasteiger partial charge in [0.25, 0.3) is 0 Å². The molecule has 1 saturated heterocycles. The molecule has 1 aromatic rings. The maximum absolute atomic E-state index is 12.3. The monoisotopic (exact) mass is 259 g/mol. The number of nitrogens with zero attached hydrogens (tertiary/aromatic N) is 1. The van der Waals surface area contributed by atoms with Crippen molar-refractivity contribution in [2.24, 2.45) is 0 Å². The van der Waals surface area contributed by atoms with E-state index in [2.05, 4.69) is 0 Å². The maximum Gasteiger partial charge on any atom is 0.222 e. The molecule has 1 amide bonds. The van der Waals surface area contributed by atoms with Gasteiger partial charge in [-0.15, -0.1) is 0 Å². The number of amides is 1. The molecular weight excluding hydrogens is 242 g/mol. The number of para-hydroxylation sites is 1. The lowest BCUT2D eigenvalue weighted by molar-refractivity contribution is -0.129. The van der Waals surface area contributed by atoms with E-state index in [-0.39, 0.29) is 11.7 Å². The van der Waals surface area contributed by atoms with E-state index in [0.717, 1.165) is 6.42 Å². The number of carbonyl (C=O) groups excluding carboxylic acids is 2. The van der Waals surface area contributed by atoms with Crippen molar-refractivity contribution < 1.29 is 14.3 Å². The van der Waals surface area contributed by atoms with E-state index in [1.54, 1.807) is 18.0 Å². The van der Waals surface area contributed by atoms with Crippen molar-refractivity contribution in [1.29, 1.82) is 0 Å². The number of ether oxygens (including phenoxy) is 1. The molecule has 0 aromatic heterocycles. The molecule has 0 saturated carbocycles. The van der Waals surface area contributed by atoms with Crippen molar-refractivity contribution in [3.63, 3.8) is 0 Å². The van der Waals surface area contributed by atoms with E-state index in [9.17, 15) is 9.59 Å². The van der Waals surface area contributed by atoms with Crippen LogP contribution in [0.1, 0.15) is 36.0 Å². The van der Waals surface area contributed by atoms with E-state index in [4.69, 9.17) is 4.74 Å². The first-order valence-electron chi connectivity index (χ1n) is 6.65. The standard InChI is InChI=1S/C15H17NO3/c1-16-9-8-15(7-6-14(16)18)10-12(17)11-4-2-3-5-13(11)19-15/h2-5H,6-10H2,1H3/t15-/m1/s1. The maximum atomic E-state index is 12.3. The summed E-state index contributed by atoms with van der Waals surface area (Å²) in [7, 11) is 1.81. The minimum absolute atomic E-state index is 0.124. The van der Waals surface area contributed by atoms with Gasteiger partial charge in [-0.05, 0) is 18.6 Å². The van der Waals surface area contributed by atoms with E-state index in [0.29, 0.717) is 37.1 Å². The van der Waals surface area contributed by atoms with Crippen molar-refractivity contribution in [3.05, 3.63) is 29.8 Å². The Morgan fingerprint density at radius 3 is 2.84 bits per heavy atom. The number of fused-ring (bicyclic) bond motifs is 1. The fourth-order valence-electron chi connectivity index (χ4n) is 2.87. The molecule has 19 heavy (non-hydrogen) atoms. The van der Waals surface area contributed by atoms with E-state index in [1.807, 2.05) is 18.2 Å². The Balaban J connectivity index is 1.91. The molecule has 2 heterocycles. The predicted molar refractivity (Wildman–Crippen MR) is 70.2 cm³/mol. The van der Waals surface area contributed by atoms with Crippen molar-refractivity contribution >= 4 is 11.7 Å². The Kier molecular flexibility index (Phi) is 2.81. The first-order valence-corrected chi connectivity index (χ1v) is 6.65. The third-order valence-corrected chi connectivity index (χ3v) is 4.12. The second kappa shape index (κ2) is 4.37. The van der Waals surface area contributed by atoms with Gasteiger partial charge in [0, 0.05) is 26.4 Å². The third-order valence-electron chi connectivity index (χ3n) is 4.12. The van der Waals surface area contributed by atoms with Gasteiger partial charge in [0.1, 0.15) is 11.4 Å². The molecule has 2 aliphatic heterocycles. The van der Waals surface area contributed by atoms with Gasteiger partial charge in [0.05, 0.1) is 12.0 Å². The highest BCUT2D eigenvalue weighted by atomic mass is 16.5. The number of likely N-dealkylation sites (tertiary alicyclic amines) is 1. The van der Waals surface area contributed by atoms with E-state index < -0.39 is 5.60 Å². The Bertz CT molecular complexity index is 540. The Morgan fingerprint density at radius 2 is 2.00 bits per heavy atom. The summed E-state index contributed by atoms with van der Waals surface area (Å²) >= 11 is 0. The molecular formula is C15H17NO3. The van der Waals surface area contributed by atoms with Crippen LogP contribution < -0.4 is 4.74 Å². The van der Waals surface area contributed by atoms with Crippen LogP contribution in [0.5, 0.6) is 5.75 Å². The molecule has 0 bridgehead atoms. The van der Waals surface area contributed by atoms with Crippen LogP contribution in [-0.2, 0) is 4.79 Å². The summed E-state index contributed by atoms with van der Waals surface area (Å²) < 4.78 is 6.11. The fraction of sp³-hybridized carbons (Fsp3) is 0.467. The summed E-state index contributed by atoms with van der Waals surface area (Å²) in [5, 5.41) is 0. The number of hydrogen-bond acceptors (Lipinski definition) is 3. The van der Waals surface area contributed by atoms with Crippen LogP contribution in [0.15, 0.2) is 24.3 Å². The number of carbonyl (C=O) groups is 2. The highest BCUT2D eigenvalue weighted by Crippen LogP contribution is 2.39. The molecule has 0 N–H and O–H groups in total. The normalized spacial score (nSPS) is 26.9. The second-order valence-corrected chi connectivity index (χ2v) is 5.45. The Morgan fingerprint density at radius 1 is 1.21 bits per heavy atom. The minimum atomic E-state index is -0.494. The van der Waals surface area contributed by atoms with Crippen molar-refractivity contribution in [1.82, 2.24) is 4.90 Å². The Labute approximate surface area is 112 Å². The molecule has 1 atom stereocenters. The van der Waals surface area contributed by atoms with Crippen LogP contribution >= 0.6 is 0 Å². The largest absolute Gasteiger partial charge is 0.486 e. The number of benzene rings is 1. The van der Waals surface area contributed by atoms with Crippen LogP contribution in [0.25, 0.3) is 0 Å². The van der Waals surface area contributed by atoms with Crippen molar-refractivity contribution in [3.8, 4) is 5.75 Å². The van der Waals surface area contributed by atoms with Crippen molar-refractivity contribution in [2.45, 2.75) is 31.3 Å². The summed E-state index contributed by atoms with van der Waals surface area (Å²) in [6.45, 7) is 0.647. The van der Waals surface area contributed by atoms with Crippen LogP contribution in [0.4, 0.5) is 0 Å². The highest BCUT2D eigenvalue weighted by molar-refractivity contribution is 6.00. The van der Waals surface area contributed by atoms with Gasteiger partial charge in [-0.3, -0.25) is 9.59 Å². The molecule has 1 aromatic carbocycles. The smallest absolute Gasteiger partial charge is 0.222 e. The zero-order valence-corrected chi connectivity index (χ0v) is 11.0. The van der Waals surface area contributed by atoms with Crippen LogP contribution in [0.3, 0.4) is 0 Å². The average molecular weight is 259 g/mol. The lowest BCUT2D eigenvalue weighted by Gasteiger charge is -2.37. The zero-order valence-electron chi connectivity index (χ0n) is 11.0. The fourth-order valence-corrected chi connectivity index (χ4v) is 2.87. The number of ketones is 1. The van der Waals surface area contributed by atoms with Gasteiger partial charge < -0.3 is 9.64 Å². The summed E-state index contributed by atoms with van der Waals surface area (Å²) in [6.07, 6.45) is 2.17. The molecule has 0 radical (unpaired) electrons. The van der Waals surface area contributed by atoms with Crippen LogP contribution in [0, 0.1) is 0 Å². The van der Waals surface area contributed by atoms with E-state index >= 15 is 0 Å². The van der Waals surface area contributed by atoms with Gasteiger partial charge in [0.2, 0.25) is 5.91 Å². The first kappa shape index (κ1) is 12.2. The molecule has 2 aliphatic rings. The molecule has 100 valence electrons. The van der Waals surface area contributed by atoms with Gasteiger partial charge in [-0.25, -0.2) is 0 Å². The highest BCUT2D eigenvalue weighted by Gasteiger charge is 2.42. The lowest BCUT2D eigenvalue weighted by atomic mass is 9.84. The summed E-state index contributed by atoms with van der Waals surface area (Å²) in [6, 6.07) is 7.37. The predicted octanol–water partition coefficient (Wildman–Crippen LogP) is 2.03. The summed E-state index contributed by atoms with van der Waals surface area (Å²) in [4.78, 5) is 25.7. The third kappa shape index (κ3) is 2.11.